The van der Waals surface area contributed by atoms with Crippen molar-refractivity contribution in [3.05, 3.63) is 58.1 Å². The van der Waals surface area contributed by atoms with Crippen LogP contribution in [0.5, 0.6) is 5.75 Å². The molecule has 3 N–H and O–H groups in total. The second kappa shape index (κ2) is 6.69. The fourth-order valence-corrected chi connectivity index (χ4v) is 2.53. The van der Waals surface area contributed by atoms with E-state index in [1.807, 2.05) is 6.07 Å². The van der Waals surface area contributed by atoms with Crippen LogP contribution in [0.4, 0.5) is 5.69 Å². The molecule has 0 radical (unpaired) electrons. The van der Waals surface area contributed by atoms with Gasteiger partial charge in [0.1, 0.15) is 10.7 Å². The maximum atomic E-state index is 12.3. The summed E-state index contributed by atoms with van der Waals surface area (Å²) in [4.78, 5) is 12.5. The summed E-state index contributed by atoms with van der Waals surface area (Å²) in [5.74, 6) is 0.414. The lowest BCUT2D eigenvalue weighted by molar-refractivity contribution is 0.102. The Morgan fingerprint density at radius 1 is 1.29 bits per heavy atom. The first kappa shape index (κ1) is 15.5. The van der Waals surface area contributed by atoms with Crippen molar-refractivity contribution < 1.29 is 9.53 Å². The van der Waals surface area contributed by atoms with Crippen molar-refractivity contribution in [3.63, 3.8) is 0 Å². The van der Waals surface area contributed by atoms with E-state index in [9.17, 15) is 4.79 Å². The third-order valence-corrected chi connectivity index (χ3v) is 3.69. The second-order valence-corrected chi connectivity index (χ2v) is 5.51. The molecule has 0 aliphatic carbocycles. The number of nitrogens with one attached hydrogen (secondary N) is 1. The summed E-state index contributed by atoms with van der Waals surface area (Å²) >= 11 is 8.33. The van der Waals surface area contributed by atoms with Crippen LogP contribution < -0.4 is 15.8 Å². The molecule has 0 saturated heterocycles. The Morgan fingerprint density at radius 2 is 2.00 bits per heavy atom. The van der Waals surface area contributed by atoms with E-state index >= 15 is 0 Å². The molecule has 0 heterocycles. The summed E-state index contributed by atoms with van der Waals surface area (Å²) < 4.78 is 5.84. The van der Waals surface area contributed by atoms with Gasteiger partial charge in [0.15, 0.2) is 0 Å². The minimum atomic E-state index is -0.248. The standard InChI is InChI=1S/C15H13BrN2O2S/c1-20-13-7-6-9(8-11(13)16)15(19)18-12-5-3-2-4-10(12)14(17)21/h2-8H,1H3,(H2,17,21)(H,18,19). The van der Waals surface area contributed by atoms with Crippen LogP contribution in [0.15, 0.2) is 46.9 Å². The number of rotatable bonds is 4. The number of thiocarbonyl (C=S) groups is 1. The van der Waals surface area contributed by atoms with Crippen LogP contribution in [0.3, 0.4) is 0 Å². The summed E-state index contributed by atoms with van der Waals surface area (Å²) in [7, 11) is 1.57. The molecule has 4 nitrogen and oxygen atoms in total. The predicted octanol–water partition coefficient (Wildman–Crippen LogP) is 3.34. The topological polar surface area (TPSA) is 64.3 Å². The summed E-state index contributed by atoms with van der Waals surface area (Å²) in [5, 5.41) is 2.80. The van der Waals surface area contributed by atoms with Gasteiger partial charge in [0.25, 0.3) is 5.91 Å². The zero-order valence-corrected chi connectivity index (χ0v) is 13.6. The lowest BCUT2D eigenvalue weighted by Gasteiger charge is -2.11. The van der Waals surface area contributed by atoms with Gasteiger partial charge >= 0.3 is 0 Å². The molecule has 0 atom stereocenters. The van der Waals surface area contributed by atoms with Crippen LogP contribution in [0.1, 0.15) is 15.9 Å². The fourth-order valence-electron chi connectivity index (χ4n) is 1.81. The van der Waals surface area contributed by atoms with Gasteiger partial charge in [-0.1, -0.05) is 24.4 Å². The number of halogens is 1. The van der Waals surface area contributed by atoms with Crippen LogP contribution in [0.2, 0.25) is 0 Å². The smallest absolute Gasteiger partial charge is 0.255 e. The van der Waals surface area contributed by atoms with Gasteiger partial charge in [-0.3, -0.25) is 4.79 Å². The highest BCUT2D eigenvalue weighted by Crippen LogP contribution is 2.26. The normalized spacial score (nSPS) is 10.0. The minimum Gasteiger partial charge on any atom is -0.496 e. The summed E-state index contributed by atoms with van der Waals surface area (Å²) in [6, 6.07) is 12.2. The molecule has 2 aromatic rings. The number of ether oxygens (including phenoxy) is 1. The van der Waals surface area contributed by atoms with Crippen LogP contribution in [0, 0.1) is 0 Å². The molecule has 2 rings (SSSR count). The van der Waals surface area contributed by atoms with Gasteiger partial charge in [-0.2, -0.15) is 0 Å². The van der Waals surface area contributed by atoms with Crippen molar-refractivity contribution >= 4 is 44.7 Å². The van der Waals surface area contributed by atoms with E-state index in [0.29, 0.717) is 27.0 Å². The van der Waals surface area contributed by atoms with Gasteiger partial charge in [0.05, 0.1) is 17.3 Å². The number of para-hydroxylation sites is 1. The van der Waals surface area contributed by atoms with Crippen molar-refractivity contribution in [2.24, 2.45) is 5.73 Å². The van der Waals surface area contributed by atoms with Gasteiger partial charge in [-0.05, 0) is 46.3 Å². The van der Waals surface area contributed by atoms with Gasteiger partial charge < -0.3 is 15.8 Å². The molecule has 0 aliphatic rings. The molecular formula is C15H13BrN2O2S. The van der Waals surface area contributed by atoms with Crippen LogP contribution in [-0.4, -0.2) is 18.0 Å². The van der Waals surface area contributed by atoms with Crippen molar-refractivity contribution in [1.82, 2.24) is 0 Å². The predicted molar refractivity (Wildman–Crippen MR) is 91.0 cm³/mol. The van der Waals surface area contributed by atoms with E-state index in [2.05, 4.69) is 21.2 Å². The lowest BCUT2D eigenvalue weighted by atomic mass is 10.1. The Labute approximate surface area is 136 Å². The van der Waals surface area contributed by atoms with E-state index in [4.69, 9.17) is 22.7 Å². The van der Waals surface area contributed by atoms with Crippen LogP contribution in [-0.2, 0) is 0 Å². The van der Waals surface area contributed by atoms with E-state index in [0.717, 1.165) is 0 Å². The lowest BCUT2D eigenvalue weighted by Crippen LogP contribution is -2.17. The number of hydrogen-bond acceptors (Lipinski definition) is 3. The van der Waals surface area contributed by atoms with E-state index in [1.54, 1.807) is 43.5 Å². The zero-order chi connectivity index (χ0) is 15.4. The zero-order valence-electron chi connectivity index (χ0n) is 11.2. The molecule has 2 aromatic carbocycles. The highest BCUT2D eigenvalue weighted by Gasteiger charge is 2.12. The first-order chi connectivity index (χ1) is 10.0. The van der Waals surface area contributed by atoms with Gasteiger partial charge in [-0.15, -0.1) is 0 Å². The van der Waals surface area contributed by atoms with Gasteiger partial charge in [-0.25, -0.2) is 0 Å². The summed E-state index contributed by atoms with van der Waals surface area (Å²) in [5.41, 5.74) is 7.37. The van der Waals surface area contributed by atoms with E-state index < -0.39 is 0 Å². The number of amides is 1. The summed E-state index contributed by atoms with van der Waals surface area (Å²) in [6.07, 6.45) is 0. The number of anilines is 1. The Bertz CT molecular complexity index is 704. The number of methoxy groups -OCH3 is 1. The molecule has 1 amide bonds. The number of hydrogen-bond donors (Lipinski definition) is 2. The molecule has 0 unspecified atom stereocenters. The van der Waals surface area contributed by atoms with E-state index in [-0.39, 0.29) is 10.9 Å². The molecule has 108 valence electrons. The van der Waals surface area contributed by atoms with E-state index in [1.165, 1.54) is 0 Å². The molecule has 0 bridgehead atoms. The number of nitrogens with two attached hydrogens (primary N) is 1. The molecule has 0 aliphatic heterocycles. The molecule has 6 heteroatoms. The van der Waals surface area contributed by atoms with Crippen LogP contribution in [0.25, 0.3) is 0 Å². The first-order valence-electron chi connectivity index (χ1n) is 6.06. The minimum absolute atomic E-state index is 0.238. The van der Waals surface area contributed by atoms with Crippen LogP contribution >= 0.6 is 28.1 Å². The average Bonchev–Trinajstić information content (AvgIpc) is 2.47. The molecule has 0 saturated carbocycles. The maximum absolute atomic E-state index is 12.3. The Kier molecular flexibility index (Phi) is 4.93. The molecule has 21 heavy (non-hydrogen) atoms. The number of carbonyl (C=O) groups is 1. The highest BCUT2D eigenvalue weighted by atomic mass is 79.9. The van der Waals surface area contributed by atoms with Gasteiger partial charge in [0.2, 0.25) is 0 Å². The fraction of sp³-hybridized carbons (Fsp3) is 0.0667. The first-order valence-corrected chi connectivity index (χ1v) is 7.26. The molecule has 0 aromatic heterocycles. The Hall–Kier alpha value is -1.92. The SMILES string of the molecule is COc1ccc(C(=O)Nc2ccccc2C(N)=S)cc1Br. The van der Waals surface area contributed by atoms with Crippen molar-refractivity contribution in [2.45, 2.75) is 0 Å². The third-order valence-electron chi connectivity index (χ3n) is 2.85. The van der Waals surface area contributed by atoms with Crippen molar-refractivity contribution in [1.29, 1.82) is 0 Å². The monoisotopic (exact) mass is 364 g/mol. The Balaban J connectivity index is 2.26. The van der Waals surface area contributed by atoms with Crippen molar-refractivity contribution in [3.8, 4) is 5.75 Å². The summed E-state index contributed by atoms with van der Waals surface area (Å²) in [6.45, 7) is 0. The van der Waals surface area contributed by atoms with Gasteiger partial charge in [0, 0.05) is 11.1 Å². The second-order valence-electron chi connectivity index (χ2n) is 4.21. The average molecular weight is 365 g/mol. The third kappa shape index (κ3) is 3.59. The molecule has 0 fully saturated rings. The molecule has 0 spiro atoms. The number of carbonyl (C=O) groups excluding carboxylic acids is 1. The maximum Gasteiger partial charge on any atom is 0.255 e. The Morgan fingerprint density at radius 3 is 2.62 bits per heavy atom. The number of benzene rings is 2. The van der Waals surface area contributed by atoms with Crippen molar-refractivity contribution in [2.75, 3.05) is 12.4 Å². The largest absolute Gasteiger partial charge is 0.496 e. The molecular weight excluding hydrogens is 352 g/mol. The quantitative estimate of drug-likeness (QED) is 0.816. The highest BCUT2D eigenvalue weighted by molar-refractivity contribution is 9.10.